The summed E-state index contributed by atoms with van der Waals surface area (Å²) in [5.74, 6) is -0.348. The molecule has 2 aromatic rings. The lowest BCUT2D eigenvalue weighted by atomic mass is 10.1. The number of hydrogen-bond donors (Lipinski definition) is 2. The van der Waals surface area contributed by atoms with Crippen LogP contribution >= 0.6 is 11.3 Å². The lowest BCUT2D eigenvalue weighted by molar-refractivity contribution is 0.0606. The Kier molecular flexibility index (Phi) is 4.51. The molecule has 0 aromatic carbocycles. The SMILES string of the molecule is COC(=O)c1cnc(NCCCc2cn[nH]c2C)s1. The van der Waals surface area contributed by atoms with E-state index in [2.05, 4.69) is 25.2 Å². The van der Waals surface area contributed by atoms with Gasteiger partial charge in [-0.05, 0) is 25.3 Å². The van der Waals surface area contributed by atoms with E-state index in [1.54, 1.807) is 0 Å². The smallest absolute Gasteiger partial charge is 0.349 e. The van der Waals surface area contributed by atoms with E-state index in [1.165, 1.54) is 30.2 Å². The molecule has 0 aliphatic rings. The highest BCUT2D eigenvalue weighted by molar-refractivity contribution is 7.17. The number of rotatable bonds is 6. The molecule has 0 fully saturated rings. The van der Waals surface area contributed by atoms with Gasteiger partial charge in [0.2, 0.25) is 0 Å². The number of thiazole rings is 1. The Labute approximate surface area is 115 Å². The van der Waals surface area contributed by atoms with Crippen LogP contribution in [0, 0.1) is 6.92 Å². The summed E-state index contributed by atoms with van der Waals surface area (Å²) in [5.41, 5.74) is 2.35. The number of methoxy groups -OCH3 is 1. The fourth-order valence-corrected chi connectivity index (χ4v) is 2.41. The number of carbonyl (C=O) groups is 1. The van der Waals surface area contributed by atoms with E-state index < -0.39 is 0 Å². The molecule has 0 saturated carbocycles. The van der Waals surface area contributed by atoms with Crippen molar-refractivity contribution >= 4 is 22.4 Å². The standard InChI is InChI=1S/C12H16N4O2S/c1-8-9(6-15-16-8)4-3-5-13-12-14-7-10(19-12)11(17)18-2/h6-7H,3-5H2,1-2H3,(H,13,14)(H,15,16). The highest BCUT2D eigenvalue weighted by Crippen LogP contribution is 2.18. The molecule has 19 heavy (non-hydrogen) atoms. The number of hydrogen-bond acceptors (Lipinski definition) is 6. The maximum absolute atomic E-state index is 11.3. The predicted molar refractivity (Wildman–Crippen MR) is 73.6 cm³/mol. The number of anilines is 1. The van der Waals surface area contributed by atoms with Crippen molar-refractivity contribution in [2.24, 2.45) is 0 Å². The van der Waals surface area contributed by atoms with Gasteiger partial charge in [-0.15, -0.1) is 0 Å². The lowest BCUT2D eigenvalue weighted by Gasteiger charge is -2.01. The van der Waals surface area contributed by atoms with Crippen molar-refractivity contribution in [1.82, 2.24) is 15.2 Å². The number of esters is 1. The summed E-state index contributed by atoms with van der Waals surface area (Å²) in [7, 11) is 1.36. The van der Waals surface area contributed by atoms with Crippen LogP contribution in [0.5, 0.6) is 0 Å². The fraction of sp³-hybridized carbons (Fsp3) is 0.417. The first-order valence-corrected chi connectivity index (χ1v) is 6.79. The van der Waals surface area contributed by atoms with Gasteiger partial charge in [0.15, 0.2) is 5.13 Å². The maximum atomic E-state index is 11.3. The van der Waals surface area contributed by atoms with E-state index in [0.717, 1.165) is 30.2 Å². The van der Waals surface area contributed by atoms with Crippen LogP contribution in [0.2, 0.25) is 0 Å². The average molecular weight is 280 g/mol. The highest BCUT2D eigenvalue weighted by atomic mass is 32.1. The molecule has 0 aliphatic carbocycles. The molecule has 0 aliphatic heterocycles. The van der Waals surface area contributed by atoms with Crippen molar-refractivity contribution < 1.29 is 9.53 Å². The van der Waals surface area contributed by atoms with Gasteiger partial charge in [-0.2, -0.15) is 5.10 Å². The number of aromatic amines is 1. The van der Waals surface area contributed by atoms with Crippen LogP contribution in [-0.2, 0) is 11.2 Å². The molecule has 0 atom stereocenters. The largest absolute Gasteiger partial charge is 0.465 e. The number of aromatic nitrogens is 3. The van der Waals surface area contributed by atoms with Crippen LogP contribution in [0.4, 0.5) is 5.13 Å². The molecule has 2 aromatic heterocycles. The number of ether oxygens (including phenoxy) is 1. The quantitative estimate of drug-likeness (QED) is 0.625. The Balaban J connectivity index is 1.75. The molecule has 2 heterocycles. The normalized spacial score (nSPS) is 10.4. The molecular weight excluding hydrogens is 264 g/mol. The average Bonchev–Trinajstić information content (AvgIpc) is 3.03. The molecule has 0 bridgehead atoms. The van der Waals surface area contributed by atoms with Crippen LogP contribution in [0.3, 0.4) is 0 Å². The zero-order valence-electron chi connectivity index (χ0n) is 10.9. The van der Waals surface area contributed by atoms with Crippen molar-refractivity contribution in [3.05, 3.63) is 28.5 Å². The van der Waals surface area contributed by atoms with Crippen molar-refractivity contribution in [3.8, 4) is 0 Å². The molecular formula is C12H16N4O2S. The minimum Gasteiger partial charge on any atom is -0.465 e. The molecule has 0 radical (unpaired) electrons. The van der Waals surface area contributed by atoms with Crippen LogP contribution in [0.1, 0.15) is 27.3 Å². The molecule has 2 rings (SSSR count). The van der Waals surface area contributed by atoms with Gasteiger partial charge in [0.25, 0.3) is 0 Å². The molecule has 102 valence electrons. The van der Waals surface area contributed by atoms with Gasteiger partial charge in [-0.1, -0.05) is 11.3 Å². The maximum Gasteiger partial charge on any atom is 0.349 e. The second kappa shape index (κ2) is 6.33. The zero-order chi connectivity index (χ0) is 13.7. The highest BCUT2D eigenvalue weighted by Gasteiger charge is 2.09. The zero-order valence-corrected chi connectivity index (χ0v) is 11.7. The van der Waals surface area contributed by atoms with Gasteiger partial charge in [0.05, 0.1) is 19.5 Å². The van der Waals surface area contributed by atoms with Gasteiger partial charge in [0, 0.05) is 12.2 Å². The molecule has 0 spiro atoms. The molecule has 2 N–H and O–H groups in total. The Morgan fingerprint density at radius 3 is 3.05 bits per heavy atom. The predicted octanol–water partition coefficient (Wildman–Crippen LogP) is 2.01. The van der Waals surface area contributed by atoms with Crippen molar-refractivity contribution in [2.45, 2.75) is 19.8 Å². The van der Waals surface area contributed by atoms with E-state index in [-0.39, 0.29) is 5.97 Å². The van der Waals surface area contributed by atoms with E-state index >= 15 is 0 Å². The summed E-state index contributed by atoms with van der Waals surface area (Å²) in [5, 5.41) is 10.8. The molecule has 6 nitrogen and oxygen atoms in total. The Bertz CT molecular complexity index is 549. The first-order valence-electron chi connectivity index (χ1n) is 5.97. The number of aryl methyl sites for hydroxylation is 2. The van der Waals surface area contributed by atoms with Crippen LogP contribution in [0.15, 0.2) is 12.4 Å². The minimum absolute atomic E-state index is 0.348. The molecule has 7 heteroatoms. The summed E-state index contributed by atoms with van der Waals surface area (Å²) in [6, 6.07) is 0. The first-order chi connectivity index (χ1) is 9.20. The summed E-state index contributed by atoms with van der Waals surface area (Å²) in [6.45, 7) is 2.82. The second-order valence-corrected chi connectivity index (χ2v) is 5.10. The number of H-pyrrole nitrogens is 1. The first kappa shape index (κ1) is 13.5. The minimum atomic E-state index is -0.348. The van der Waals surface area contributed by atoms with Crippen LogP contribution < -0.4 is 5.32 Å². The van der Waals surface area contributed by atoms with E-state index in [4.69, 9.17) is 0 Å². The Morgan fingerprint density at radius 1 is 1.53 bits per heavy atom. The van der Waals surface area contributed by atoms with E-state index in [9.17, 15) is 4.79 Å². The van der Waals surface area contributed by atoms with Gasteiger partial charge in [-0.25, -0.2) is 9.78 Å². The summed E-state index contributed by atoms with van der Waals surface area (Å²) < 4.78 is 4.63. The van der Waals surface area contributed by atoms with E-state index in [0.29, 0.717) is 4.88 Å². The molecule has 0 unspecified atom stereocenters. The number of nitrogens with one attached hydrogen (secondary N) is 2. The lowest BCUT2D eigenvalue weighted by Crippen LogP contribution is -2.02. The summed E-state index contributed by atoms with van der Waals surface area (Å²) >= 11 is 1.30. The van der Waals surface area contributed by atoms with Crippen LogP contribution in [0.25, 0.3) is 0 Å². The Hall–Kier alpha value is -1.89. The van der Waals surface area contributed by atoms with Gasteiger partial charge >= 0.3 is 5.97 Å². The van der Waals surface area contributed by atoms with Gasteiger partial charge in [0.1, 0.15) is 4.88 Å². The third-order valence-electron chi connectivity index (χ3n) is 2.73. The van der Waals surface area contributed by atoms with Gasteiger partial charge in [-0.3, -0.25) is 5.10 Å². The Morgan fingerprint density at radius 2 is 2.37 bits per heavy atom. The molecule has 0 amide bonds. The van der Waals surface area contributed by atoms with Gasteiger partial charge < -0.3 is 10.1 Å². The third-order valence-corrected chi connectivity index (χ3v) is 3.66. The summed E-state index contributed by atoms with van der Waals surface area (Å²) in [6.07, 6.45) is 5.32. The monoisotopic (exact) mass is 280 g/mol. The second-order valence-electron chi connectivity index (χ2n) is 4.07. The van der Waals surface area contributed by atoms with Crippen molar-refractivity contribution in [1.29, 1.82) is 0 Å². The fourth-order valence-electron chi connectivity index (χ4n) is 1.65. The molecule has 0 saturated heterocycles. The van der Waals surface area contributed by atoms with Crippen molar-refractivity contribution in [3.63, 3.8) is 0 Å². The summed E-state index contributed by atoms with van der Waals surface area (Å²) in [4.78, 5) is 15.9. The topological polar surface area (TPSA) is 79.9 Å². The number of carbonyl (C=O) groups excluding carboxylic acids is 1. The van der Waals surface area contributed by atoms with E-state index in [1.807, 2.05) is 13.1 Å². The van der Waals surface area contributed by atoms with Crippen LogP contribution in [-0.4, -0.2) is 34.8 Å². The van der Waals surface area contributed by atoms with Crippen molar-refractivity contribution in [2.75, 3.05) is 19.0 Å². The number of nitrogens with zero attached hydrogens (tertiary/aromatic N) is 2. The third kappa shape index (κ3) is 3.54.